The summed E-state index contributed by atoms with van der Waals surface area (Å²) in [6, 6.07) is 12.8. The zero-order valence-corrected chi connectivity index (χ0v) is 17.8. The van der Waals surface area contributed by atoms with Crippen LogP contribution in [0.15, 0.2) is 42.5 Å². The van der Waals surface area contributed by atoms with Gasteiger partial charge in [0.15, 0.2) is 5.82 Å². The standard InChI is InChI=1S/C21H19Cl3N4O/c22-15-6-3-13(4-7-15)19-18(11-14-5-8-16(23)12-17(14)24)25-20(26-19)21(29)27-28-9-1-2-10-28/h3-8,12H,1-2,9-11H2,(H,25,26)(H,27,29). The van der Waals surface area contributed by atoms with Crippen LogP contribution in [0.4, 0.5) is 0 Å². The molecule has 1 fully saturated rings. The molecule has 1 amide bonds. The third kappa shape index (κ3) is 4.75. The number of hydrogen-bond donors (Lipinski definition) is 2. The average Bonchev–Trinajstić information content (AvgIpc) is 3.35. The smallest absolute Gasteiger partial charge is 0.301 e. The van der Waals surface area contributed by atoms with Crippen LogP contribution in [0.3, 0.4) is 0 Å². The SMILES string of the molecule is O=C(NN1CCCC1)c1nc(Cc2ccc(Cl)cc2Cl)c(-c2ccc(Cl)cc2)[nH]1. The minimum Gasteiger partial charge on any atom is -0.334 e. The monoisotopic (exact) mass is 448 g/mol. The number of hydrogen-bond acceptors (Lipinski definition) is 3. The van der Waals surface area contributed by atoms with E-state index >= 15 is 0 Å². The van der Waals surface area contributed by atoms with Gasteiger partial charge in [-0.15, -0.1) is 0 Å². The molecular formula is C21H19Cl3N4O. The van der Waals surface area contributed by atoms with Crippen molar-refractivity contribution in [3.63, 3.8) is 0 Å². The number of rotatable bonds is 5. The Bertz CT molecular complexity index is 1030. The first-order valence-electron chi connectivity index (χ1n) is 9.34. The molecule has 1 aromatic heterocycles. The Kier molecular flexibility index (Phi) is 6.11. The number of carbonyl (C=O) groups excluding carboxylic acids is 1. The molecule has 150 valence electrons. The number of nitrogens with one attached hydrogen (secondary N) is 2. The third-order valence-electron chi connectivity index (χ3n) is 4.87. The Labute approximate surface area is 184 Å². The highest BCUT2D eigenvalue weighted by atomic mass is 35.5. The van der Waals surface area contributed by atoms with E-state index in [1.54, 1.807) is 24.3 Å². The van der Waals surface area contributed by atoms with Gasteiger partial charge >= 0.3 is 5.91 Å². The lowest BCUT2D eigenvalue weighted by atomic mass is 10.0. The molecule has 1 aliphatic heterocycles. The molecule has 0 radical (unpaired) electrons. The first-order chi connectivity index (χ1) is 14.0. The Hall–Kier alpha value is -2.05. The van der Waals surface area contributed by atoms with E-state index in [2.05, 4.69) is 15.4 Å². The number of amides is 1. The van der Waals surface area contributed by atoms with Crippen LogP contribution in [0.5, 0.6) is 0 Å². The van der Waals surface area contributed by atoms with Gasteiger partial charge in [-0.25, -0.2) is 9.99 Å². The number of carbonyl (C=O) groups is 1. The third-order valence-corrected chi connectivity index (χ3v) is 5.70. The van der Waals surface area contributed by atoms with E-state index in [4.69, 9.17) is 34.8 Å². The van der Waals surface area contributed by atoms with Gasteiger partial charge in [0.2, 0.25) is 0 Å². The van der Waals surface area contributed by atoms with Crippen LogP contribution in [0.25, 0.3) is 11.3 Å². The second-order valence-electron chi connectivity index (χ2n) is 6.96. The number of H-pyrrole nitrogens is 1. The van der Waals surface area contributed by atoms with Crippen molar-refractivity contribution in [2.24, 2.45) is 0 Å². The average molecular weight is 450 g/mol. The lowest BCUT2D eigenvalue weighted by Gasteiger charge is -2.14. The van der Waals surface area contributed by atoms with Gasteiger partial charge in [-0.05, 0) is 48.2 Å². The predicted octanol–water partition coefficient (Wildman–Crippen LogP) is 5.37. The van der Waals surface area contributed by atoms with Crippen LogP contribution in [0, 0.1) is 0 Å². The second kappa shape index (κ2) is 8.76. The summed E-state index contributed by atoms with van der Waals surface area (Å²) in [7, 11) is 0. The lowest BCUT2D eigenvalue weighted by Crippen LogP contribution is -2.40. The normalized spacial score (nSPS) is 14.3. The van der Waals surface area contributed by atoms with Gasteiger partial charge in [0.1, 0.15) is 0 Å². The molecule has 0 unspecified atom stereocenters. The fourth-order valence-electron chi connectivity index (χ4n) is 3.37. The summed E-state index contributed by atoms with van der Waals surface area (Å²) in [5.41, 5.74) is 6.17. The molecule has 0 spiro atoms. The molecule has 4 rings (SSSR count). The van der Waals surface area contributed by atoms with Crippen molar-refractivity contribution in [1.29, 1.82) is 0 Å². The number of aromatic amines is 1. The van der Waals surface area contributed by atoms with Gasteiger partial charge in [0.25, 0.3) is 0 Å². The molecule has 1 saturated heterocycles. The van der Waals surface area contributed by atoms with E-state index in [9.17, 15) is 4.79 Å². The molecule has 1 aliphatic rings. The Balaban J connectivity index is 1.68. The van der Waals surface area contributed by atoms with E-state index in [0.717, 1.165) is 48.4 Å². The van der Waals surface area contributed by atoms with Gasteiger partial charge in [-0.2, -0.15) is 0 Å². The molecule has 0 atom stereocenters. The van der Waals surface area contributed by atoms with Gasteiger partial charge < -0.3 is 4.98 Å². The largest absolute Gasteiger partial charge is 0.334 e. The minimum absolute atomic E-state index is 0.254. The first kappa shape index (κ1) is 20.2. The van der Waals surface area contributed by atoms with Crippen molar-refractivity contribution >= 4 is 40.7 Å². The highest BCUT2D eigenvalue weighted by Gasteiger charge is 2.21. The highest BCUT2D eigenvalue weighted by molar-refractivity contribution is 6.35. The molecule has 5 nitrogen and oxygen atoms in total. The zero-order valence-electron chi connectivity index (χ0n) is 15.5. The van der Waals surface area contributed by atoms with E-state index in [0.29, 0.717) is 21.5 Å². The molecule has 8 heteroatoms. The molecule has 2 N–H and O–H groups in total. The van der Waals surface area contributed by atoms with Crippen molar-refractivity contribution in [3.05, 3.63) is 74.6 Å². The van der Waals surface area contributed by atoms with E-state index in [-0.39, 0.29) is 11.7 Å². The van der Waals surface area contributed by atoms with E-state index in [1.807, 2.05) is 23.2 Å². The predicted molar refractivity (Wildman–Crippen MR) is 117 cm³/mol. The fraction of sp³-hybridized carbons (Fsp3) is 0.238. The van der Waals surface area contributed by atoms with E-state index in [1.165, 1.54) is 0 Å². The Morgan fingerprint density at radius 2 is 1.72 bits per heavy atom. The maximum Gasteiger partial charge on any atom is 0.301 e. The molecule has 3 aromatic rings. The molecule has 2 heterocycles. The van der Waals surface area contributed by atoms with Crippen molar-refractivity contribution in [2.75, 3.05) is 13.1 Å². The summed E-state index contributed by atoms with van der Waals surface area (Å²) in [4.78, 5) is 20.5. The molecular weight excluding hydrogens is 431 g/mol. The molecule has 2 aromatic carbocycles. The van der Waals surface area contributed by atoms with Crippen molar-refractivity contribution in [3.8, 4) is 11.3 Å². The van der Waals surface area contributed by atoms with E-state index < -0.39 is 0 Å². The second-order valence-corrected chi connectivity index (χ2v) is 8.24. The fourth-order valence-corrected chi connectivity index (χ4v) is 3.97. The number of hydrazine groups is 1. The number of aromatic nitrogens is 2. The van der Waals surface area contributed by atoms with Gasteiger partial charge in [-0.1, -0.05) is 53.0 Å². The van der Waals surface area contributed by atoms with Crippen LogP contribution < -0.4 is 5.43 Å². The maximum absolute atomic E-state index is 12.7. The van der Waals surface area contributed by atoms with Crippen molar-refractivity contribution in [2.45, 2.75) is 19.3 Å². The van der Waals surface area contributed by atoms with Crippen molar-refractivity contribution < 1.29 is 4.79 Å². The van der Waals surface area contributed by atoms with Crippen LogP contribution in [-0.2, 0) is 6.42 Å². The van der Waals surface area contributed by atoms with Gasteiger partial charge in [-0.3, -0.25) is 10.2 Å². The number of halogens is 3. The molecule has 0 bridgehead atoms. The molecule has 29 heavy (non-hydrogen) atoms. The summed E-state index contributed by atoms with van der Waals surface area (Å²) in [5, 5.41) is 3.69. The molecule has 0 aliphatic carbocycles. The summed E-state index contributed by atoms with van der Waals surface area (Å²) in [6.07, 6.45) is 2.62. The first-order valence-corrected chi connectivity index (χ1v) is 10.5. The van der Waals surface area contributed by atoms with Crippen LogP contribution in [-0.4, -0.2) is 34.0 Å². The quantitative estimate of drug-likeness (QED) is 0.550. The number of benzene rings is 2. The Morgan fingerprint density at radius 1 is 1.03 bits per heavy atom. The maximum atomic E-state index is 12.7. The summed E-state index contributed by atoms with van der Waals surface area (Å²) < 4.78 is 0. The zero-order chi connectivity index (χ0) is 20.4. The number of imidazole rings is 1. The topological polar surface area (TPSA) is 61.0 Å². The number of nitrogens with zero attached hydrogens (tertiary/aromatic N) is 2. The van der Waals surface area contributed by atoms with Crippen LogP contribution in [0.1, 0.15) is 34.7 Å². The van der Waals surface area contributed by atoms with Crippen LogP contribution in [0.2, 0.25) is 15.1 Å². The summed E-state index contributed by atoms with van der Waals surface area (Å²) in [5.74, 6) is 0.0116. The Morgan fingerprint density at radius 3 is 2.41 bits per heavy atom. The van der Waals surface area contributed by atoms with Crippen molar-refractivity contribution in [1.82, 2.24) is 20.4 Å². The summed E-state index contributed by atoms with van der Waals surface area (Å²) >= 11 is 18.4. The summed E-state index contributed by atoms with van der Waals surface area (Å²) in [6.45, 7) is 1.70. The highest BCUT2D eigenvalue weighted by Crippen LogP contribution is 2.28. The lowest BCUT2D eigenvalue weighted by molar-refractivity contribution is 0.0815. The van der Waals surface area contributed by atoms with Gasteiger partial charge in [0.05, 0.1) is 11.4 Å². The minimum atomic E-state index is -0.254. The van der Waals surface area contributed by atoms with Gasteiger partial charge in [0, 0.05) is 34.6 Å². The van der Waals surface area contributed by atoms with Crippen LogP contribution >= 0.6 is 34.8 Å². The molecule has 0 saturated carbocycles.